The van der Waals surface area contributed by atoms with Gasteiger partial charge in [-0.25, -0.2) is 0 Å². The summed E-state index contributed by atoms with van der Waals surface area (Å²) in [6.07, 6.45) is 9.75. The van der Waals surface area contributed by atoms with Crippen molar-refractivity contribution in [3.63, 3.8) is 0 Å². The fourth-order valence-electron chi connectivity index (χ4n) is 2.45. The van der Waals surface area contributed by atoms with Crippen LogP contribution in [0.5, 0.6) is 0 Å². The summed E-state index contributed by atoms with van der Waals surface area (Å²) in [5.74, 6) is 0. The fraction of sp³-hybridized carbons (Fsp3) is 1.00. The predicted octanol–water partition coefficient (Wildman–Crippen LogP) is 2.87. The summed E-state index contributed by atoms with van der Waals surface area (Å²) in [5.41, 5.74) is 5.85. The first-order chi connectivity index (χ1) is 8.33. The Morgan fingerprint density at radius 1 is 1.00 bits per heavy atom. The highest BCUT2D eigenvalue weighted by molar-refractivity contribution is 4.84. The number of nitrogens with two attached hydrogens (primary N) is 1. The van der Waals surface area contributed by atoms with E-state index in [0.29, 0.717) is 19.8 Å². The average molecular weight is 243 g/mol. The van der Waals surface area contributed by atoms with Gasteiger partial charge in [0, 0.05) is 13.2 Å². The van der Waals surface area contributed by atoms with Crippen LogP contribution in [0.15, 0.2) is 0 Å². The smallest absolute Gasteiger partial charge is 0.0805 e. The molecule has 1 fully saturated rings. The van der Waals surface area contributed by atoms with Crippen LogP contribution in [0.25, 0.3) is 0 Å². The average Bonchev–Trinajstić information content (AvgIpc) is 2.60. The second-order valence-corrected chi connectivity index (χ2v) is 5.12. The Balaban J connectivity index is 2.16. The molecule has 0 heterocycles. The van der Waals surface area contributed by atoms with Crippen LogP contribution in [0.4, 0.5) is 0 Å². The summed E-state index contributed by atoms with van der Waals surface area (Å²) in [7, 11) is 0. The van der Waals surface area contributed by atoms with Crippen molar-refractivity contribution in [1.82, 2.24) is 0 Å². The molecule has 0 atom stereocenters. The second-order valence-electron chi connectivity index (χ2n) is 5.12. The number of rotatable bonds is 8. The molecule has 0 aromatic heterocycles. The minimum Gasteiger partial charge on any atom is -0.379 e. The van der Waals surface area contributed by atoms with E-state index < -0.39 is 0 Å². The third-order valence-corrected chi connectivity index (χ3v) is 3.66. The molecule has 3 nitrogen and oxygen atoms in total. The molecule has 0 unspecified atom stereocenters. The third-order valence-electron chi connectivity index (χ3n) is 3.66. The maximum absolute atomic E-state index is 6.03. The van der Waals surface area contributed by atoms with Gasteiger partial charge >= 0.3 is 0 Å². The molecule has 0 bridgehead atoms. The van der Waals surface area contributed by atoms with Gasteiger partial charge < -0.3 is 15.2 Å². The number of ether oxygens (including phenoxy) is 2. The minimum absolute atomic E-state index is 0.0510. The first kappa shape index (κ1) is 14.9. The standard InChI is InChI=1S/C14H29NO2/c1-2-3-10-16-11-12-17-14(13-15)8-6-4-5-7-9-14/h2-13,15H2,1H3. The quantitative estimate of drug-likeness (QED) is 0.526. The van der Waals surface area contributed by atoms with Crippen molar-refractivity contribution in [1.29, 1.82) is 0 Å². The van der Waals surface area contributed by atoms with Crippen LogP contribution in [0.2, 0.25) is 0 Å². The topological polar surface area (TPSA) is 44.5 Å². The number of unbranched alkanes of at least 4 members (excludes halogenated alkanes) is 1. The lowest BCUT2D eigenvalue weighted by Gasteiger charge is -2.31. The molecule has 0 saturated heterocycles. The Labute approximate surface area is 106 Å². The van der Waals surface area contributed by atoms with Crippen LogP contribution in [0.3, 0.4) is 0 Å². The minimum atomic E-state index is -0.0510. The van der Waals surface area contributed by atoms with Crippen LogP contribution in [-0.2, 0) is 9.47 Å². The van der Waals surface area contributed by atoms with E-state index in [2.05, 4.69) is 6.92 Å². The van der Waals surface area contributed by atoms with Gasteiger partial charge in [-0.2, -0.15) is 0 Å². The second kappa shape index (κ2) is 8.90. The van der Waals surface area contributed by atoms with Crippen LogP contribution < -0.4 is 5.73 Å². The summed E-state index contributed by atoms with van der Waals surface area (Å²) < 4.78 is 11.5. The van der Waals surface area contributed by atoms with Gasteiger partial charge in [-0.3, -0.25) is 0 Å². The zero-order chi connectivity index (χ0) is 12.4. The highest BCUT2D eigenvalue weighted by Crippen LogP contribution is 2.29. The Morgan fingerprint density at radius 2 is 1.71 bits per heavy atom. The van der Waals surface area contributed by atoms with Crippen molar-refractivity contribution in [3.8, 4) is 0 Å². The van der Waals surface area contributed by atoms with E-state index in [1.165, 1.54) is 32.1 Å². The Hall–Kier alpha value is -0.120. The molecule has 0 spiro atoms. The van der Waals surface area contributed by atoms with Gasteiger partial charge in [0.15, 0.2) is 0 Å². The lowest BCUT2D eigenvalue weighted by molar-refractivity contribution is -0.0708. The van der Waals surface area contributed by atoms with Crippen molar-refractivity contribution >= 4 is 0 Å². The largest absolute Gasteiger partial charge is 0.379 e. The first-order valence-electron chi connectivity index (χ1n) is 7.25. The maximum atomic E-state index is 6.03. The zero-order valence-electron chi connectivity index (χ0n) is 11.4. The van der Waals surface area contributed by atoms with E-state index in [1.54, 1.807) is 0 Å². The zero-order valence-corrected chi connectivity index (χ0v) is 11.4. The van der Waals surface area contributed by atoms with E-state index in [9.17, 15) is 0 Å². The molecule has 102 valence electrons. The van der Waals surface area contributed by atoms with Gasteiger partial charge in [-0.15, -0.1) is 0 Å². The van der Waals surface area contributed by atoms with E-state index in [0.717, 1.165) is 25.9 Å². The highest BCUT2D eigenvalue weighted by Gasteiger charge is 2.29. The summed E-state index contributed by atoms with van der Waals surface area (Å²) in [4.78, 5) is 0. The molecule has 0 aromatic rings. The normalized spacial score (nSPS) is 20.1. The molecule has 3 heteroatoms. The summed E-state index contributed by atoms with van der Waals surface area (Å²) in [5, 5.41) is 0. The molecule has 0 amide bonds. The molecular formula is C14H29NO2. The van der Waals surface area contributed by atoms with E-state index >= 15 is 0 Å². The van der Waals surface area contributed by atoms with Crippen molar-refractivity contribution in [2.45, 2.75) is 63.9 Å². The molecule has 1 saturated carbocycles. The highest BCUT2D eigenvalue weighted by atomic mass is 16.5. The Kier molecular flexibility index (Phi) is 7.82. The van der Waals surface area contributed by atoms with Gasteiger partial charge in [0.2, 0.25) is 0 Å². The first-order valence-corrected chi connectivity index (χ1v) is 7.25. The lowest BCUT2D eigenvalue weighted by atomic mass is 9.94. The number of hydrogen-bond donors (Lipinski definition) is 1. The molecular weight excluding hydrogens is 214 g/mol. The third kappa shape index (κ3) is 5.84. The molecule has 0 aliphatic heterocycles. The van der Waals surface area contributed by atoms with E-state index in [4.69, 9.17) is 15.2 Å². The van der Waals surface area contributed by atoms with Crippen molar-refractivity contribution < 1.29 is 9.47 Å². The maximum Gasteiger partial charge on any atom is 0.0805 e. The summed E-state index contributed by atoms with van der Waals surface area (Å²) >= 11 is 0. The van der Waals surface area contributed by atoms with E-state index in [-0.39, 0.29) is 5.60 Å². The molecule has 17 heavy (non-hydrogen) atoms. The van der Waals surface area contributed by atoms with E-state index in [1.807, 2.05) is 0 Å². The van der Waals surface area contributed by atoms with Crippen molar-refractivity contribution in [2.75, 3.05) is 26.4 Å². The predicted molar refractivity (Wildman–Crippen MR) is 71.2 cm³/mol. The fourth-order valence-corrected chi connectivity index (χ4v) is 2.45. The number of hydrogen-bond acceptors (Lipinski definition) is 3. The monoisotopic (exact) mass is 243 g/mol. The molecule has 1 rings (SSSR count). The van der Waals surface area contributed by atoms with Gasteiger partial charge in [-0.1, -0.05) is 39.0 Å². The van der Waals surface area contributed by atoms with Crippen LogP contribution >= 0.6 is 0 Å². The van der Waals surface area contributed by atoms with Crippen LogP contribution in [0.1, 0.15) is 58.3 Å². The van der Waals surface area contributed by atoms with Gasteiger partial charge in [0.1, 0.15) is 0 Å². The van der Waals surface area contributed by atoms with Gasteiger partial charge in [-0.05, 0) is 19.3 Å². The van der Waals surface area contributed by atoms with Crippen LogP contribution in [0, 0.1) is 0 Å². The molecule has 1 aliphatic carbocycles. The molecule has 0 radical (unpaired) electrons. The summed E-state index contributed by atoms with van der Waals surface area (Å²) in [6, 6.07) is 0. The molecule has 2 N–H and O–H groups in total. The van der Waals surface area contributed by atoms with Crippen molar-refractivity contribution in [2.24, 2.45) is 5.73 Å². The Morgan fingerprint density at radius 3 is 2.29 bits per heavy atom. The van der Waals surface area contributed by atoms with Crippen LogP contribution in [-0.4, -0.2) is 32.0 Å². The van der Waals surface area contributed by atoms with Gasteiger partial charge in [0.25, 0.3) is 0 Å². The molecule has 0 aromatic carbocycles. The van der Waals surface area contributed by atoms with Crippen molar-refractivity contribution in [3.05, 3.63) is 0 Å². The Bertz CT molecular complexity index is 177. The molecule has 1 aliphatic rings. The summed E-state index contributed by atoms with van der Waals surface area (Å²) in [6.45, 7) is 5.09. The lowest BCUT2D eigenvalue weighted by Crippen LogP contribution is -2.41. The van der Waals surface area contributed by atoms with Gasteiger partial charge in [0.05, 0.1) is 18.8 Å². The SMILES string of the molecule is CCCCOCCOC1(CN)CCCCCC1.